The van der Waals surface area contributed by atoms with E-state index in [1.165, 1.54) is 11.8 Å². The Balaban J connectivity index is 2.46. The second-order valence-electron chi connectivity index (χ2n) is 4.06. The molecule has 0 N–H and O–H groups in total. The molecule has 0 saturated heterocycles. The minimum absolute atomic E-state index is 0.0912. The fourth-order valence-electron chi connectivity index (χ4n) is 1.53. The zero-order chi connectivity index (χ0) is 13.4. The van der Waals surface area contributed by atoms with E-state index in [0.29, 0.717) is 18.8 Å². The van der Waals surface area contributed by atoms with Gasteiger partial charge >= 0.3 is 0 Å². The summed E-state index contributed by atoms with van der Waals surface area (Å²) >= 11 is 1.53. The summed E-state index contributed by atoms with van der Waals surface area (Å²) in [6, 6.07) is 12.0. The molecule has 0 bridgehead atoms. The highest BCUT2D eigenvalue weighted by molar-refractivity contribution is 8.00. The van der Waals surface area contributed by atoms with E-state index in [4.69, 9.17) is 5.26 Å². The van der Waals surface area contributed by atoms with Crippen LogP contribution in [0.2, 0.25) is 0 Å². The molecule has 0 aliphatic heterocycles. The van der Waals surface area contributed by atoms with E-state index < -0.39 is 0 Å². The van der Waals surface area contributed by atoms with Crippen LogP contribution in [0.4, 0.5) is 0 Å². The molecule has 3 nitrogen and oxygen atoms in total. The maximum absolute atomic E-state index is 12.0. The number of benzene rings is 1. The van der Waals surface area contributed by atoms with E-state index >= 15 is 0 Å². The van der Waals surface area contributed by atoms with Crippen LogP contribution in [0.15, 0.2) is 35.2 Å². The molecule has 1 aromatic rings. The van der Waals surface area contributed by atoms with Crippen molar-refractivity contribution in [2.75, 3.05) is 18.8 Å². The summed E-state index contributed by atoms with van der Waals surface area (Å²) in [6.45, 7) is 4.94. The number of carbonyl (C=O) groups is 1. The summed E-state index contributed by atoms with van der Waals surface area (Å²) in [4.78, 5) is 14.8. The summed E-state index contributed by atoms with van der Waals surface area (Å²) < 4.78 is 0. The number of thioether (sulfide) groups is 1. The lowest BCUT2D eigenvalue weighted by atomic mass is 10.2. The van der Waals surface area contributed by atoms with Gasteiger partial charge in [0.15, 0.2) is 0 Å². The molecule has 0 aromatic heterocycles. The monoisotopic (exact) mass is 262 g/mol. The summed E-state index contributed by atoms with van der Waals surface area (Å²) in [5, 5.41) is 8.78. The van der Waals surface area contributed by atoms with Crippen molar-refractivity contribution in [3.8, 4) is 6.07 Å². The third kappa shape index (κ3) is 4.80. The van der Waals surface area contributed by atoms with Gasteiger partial charge in [-0.15, -0.1) is 11.8 Å². The molecular formula is C14H18N2OS. The Bertz CT molecular complexity index is 414. The number of hydrogen-bond acceptors (Lipinski definition) is 3. The van der Waals surface area contributed by atoms with Gasteiger partial charge in [-0.2, -0.15) is 5.26 Å². The van der Waals surface area contributed by atoms with Crippen LogP contribution in [0.1, 0.15) is 13.8 Å². The Kier molecular flexibility index (Phi) is 6.31. The van der Waals surface area contributed by atoms with Crippen molar-refractivity contribution >= 4 is 17.7 Å². The highest BCUT2D eigenvalue weighted by Crippen LogP contribution is 2.17. The van der Waals surface area contributed by atoms with Crippen molar-refractivity contribution in [3.63, 3.8) is 0 Å². The van der Waals surface area contributed by atoms with Crippen molar-refractivity contribution in [1.82, 2.24) is 4.90 Å². The molecule has 1 rings (SSSR count). The molecule has 1 aromatic carbocycles. The standard InChI is InChI=1S/C14H18N2OS/c1-3-16(10-12(2)9-15)14(17)11-18-13-7-5-4-6-8-13/h4-8,12H,3,10-11H2,1-2H3/t12-/m0/s1. The maximum Gasteiger partial charge on any atom is 0.232 e. The summed E-state index contributed by atoms with van der Waals surface area (Å²) in [7, 11) is 0. The van der Waals surface area contributed by atoms with Gasteiger partial charge in [-0.1, -0.05) is 18.2 Å². The van der Waals surface area contributed by atoms with Gasteiger partial charge in [0.1, 0.15) is 0 Å². The van der Waals surface area contributed by atoms with Crippen molar-refractivity contribution < 1.29 is 4.79 Å². The molecule has 96 valence electrons. The molecule has 1 amide bonds. The fourth-order valence-corrected chi connectivity index (χ4v) is 2.35. The van der Waals surface area contributed by atoms with Gasteiger partial charge in [0, 0.05) is 18.0 Å². The molecule has 0 unspecified atom stereocenters. The molecule has 0 aliphatic rings. The number of carbonyl (C=O) groups excluding carboxylic acids is 1. The van der Waals surface area contributed by atoms with Gasteiger partial charge in [0.2, 0.25) is 5.91 Å². The Morgan fingerprint density at radius 2 is 2.11 bits per heavy atom. The molecule has 0 radical (unpaired) electrons. The Morgan fingerprint density at radius 1 is 1.44 bits per heavy atom. The van der Waals surface area contributed by atoms with E-state index in [1.54, 1.807) is 4.90 Å². The predicted octanol–water partition coefficient (Wildman–Crippen LogP) is 2.79. The first-order valence-electron chi connectivity index (χ1n) is 6.02. The first-order valence-corrected chi connectivity index (χ1v) is 7.01. The Morgan fingerprint density at radius 3 is 2.67 bits per heavy atom. The van der Waals surface area contributed by atoms with Crippen LogP contribution in [0.5, 0.6) is 0 Å². The zero-order valence-corrected chi connectivity index (χ0v) is 11.6. The number of nitrogens with zero attached hydrogens (tertiary/aromatic N) is 2. The molecule has 0 spiro atoms. The Hall–Kier alpha value is -1.47. The van der Waals surface area contributed by atoms with Gasteiger partial charge in [0.05, 0.1) is 17.7 Å². The minimum Gasteiger partial charge on any atom is -0.341 e. The molecular weight excluding hydrogens is 244 g/mol. The van der Waals surface area contributed by atoms with Crippen molar-refractivity contribution in [2.45, 2.75) is 18.7 Å². The number of hydrogen-bond donors (Lipinski definition) is 0. The van der Waals surface area contributed by atoms with Crippen LogP contribution >= 0.6 is 11.8 Å². The van der Waals surface area contributed by atoms with E-state index in [0.717, 1.165) is 4.90 Å². The van der Waals surface area contributed by atoms with E-state index in [-0.39, 0.29) is 11.8 Å². The summed E-state index contributed by atoms with van der Waals surface area (Å²) in [6.07, 6.45) is 0. The van der Waals surface area contributed by atoms with E-state index in [9.17, 15) is 4.79 Å². The highest BCUT2D eigenvalue weighted by Gasteiger charge is 2.14. The maximum atomic E-state index is 12.0. The number of amides is 1. The third-order valence-electron chi connectivity index (χ3n) is 2.55. The lowest BCUT2D eigenvalue weighted by molar-refractivity contribution is -0.128. The van der Waals surface area contributed by atoms with Gasteiger partial charge in [0.25, 0.3) is 0 Å². The second-order valence-corrected chi connectivity index (χ2v) is 5.11. The van der Waals surface area contributed by atoms with Crippen LogP contribution in [-0.2, 0) is 4.79 Å². The SMILES string of the molecule is CCN(C[C@@H](C)C#N)C(=O)CSc1ccccc1. The topological polar surface area (TPSA) is 44.1 Å². The lowest BCUT2D eigenvalue weighted by Crippen LogP contribution is -2.35. The molecule has 0 aliphatic carbocycles. The van der Waals surface area contributed by atoms with Gasteiger partial charge in [-0.05, 0) is 26.0 Å². The number of nitriles is 1. The van der Waals surface area contributed by atoms with Crippen LogP contribution in [0, 0.1) is 17.2 Å². The van der Waals surface area contributed by atoms with Crippen molar-refractivity contribution in [2.24, 2.45) is 5.92 Å². The lowest BCUT2D eigenvalue weighted by Gasteiger charge is -2.21. The molecule has 1 atom stereocenters. The van der Waals surface area contributed by atoms with Crippen molar-refractivity contribution in [3.05, 3.63) is 30.3 Å². The summed E-state index contributed by atoms with van der Waals surface area (Å²) in [5.41, 5.74) is 0. The van der Waals surface area contributed by atoms with Gasteiger partial charge in [-0.25, -0.2) is 0 Å². The average Bonchev–Trinajstić information content (AvgIpc) is 2.42. The quantitative estimate of drug-likeness (QED) is 0.740. The van der Waals surface area contributed by atoms with Gasteiger partial charge < -0.3 is 4.90 Å². The van der Waals surface area contributed by atoms with Gasteiger partial charge in [-0.3, -0.25) is 4.79 Å². The fraction of sp³-hybridized carbons (Fsp3) is 0.429. The molecule has 4 heteroatoms. The predicted molar refractivity (Wildman–Crippen MR) is 74.2 cm³/mol. The highest BCUT2D eigenvalue weighted by atomic mass is 32.2. The van der Waals surface area contributed by atoms with Crippen LogP contribution in [0.3, 0.4) is 0 Å². The van der Waals surface area contributed by atoms with E-state index in [1.807, 2.05) is 44.2 Å². The third-order valence-corrected chi connectivity index (χ3v) is 3.55. The molecule has 0 saturated carbocycles. The molecule has 0 fully saturated rings. The minimum atomic E-state index is -0.115. The normalized spacial score (nSPS) is 11.6. The number of rotatable bonds is 6. The van der Waals surface area contributed by atoms with E-state index in [2.05, 4.69) is 6.07 Å². The van der Waals surface area contributed by atoms with Crippen LogP contribution in [-0.4, -0.2) is 29.6 Å². The first-order chi connectivity index (χ1) is 8.67. The first kappa shape index (κ1) is 14.6. The van der Waals surface area contributed by atoms with Crippen molar-refractivity contribution in [1.29, 1.82) is 5.26 Å². The van der Waals surface area contributed by atoms with Crippen LogP contribution in [0.25, 0.3) is 0 Å². The largest absolute Gasteiger partial charge is 0.341 e. The summed E-state index contributed by atoms with van der Waals surface area (Å²) in [5.74, 6) is 0.403. The smallest absolute Gasteiger partial charge is 0.232 e. The Labute approximate surface area is 113 Å². The van der Waals surface area contributed by atoms with Crippen LogP contribution < -0.4 is 0 Å². The molecule has 0 heterocycles. The second kappa shape index (κ2) is 7.78. The molecule has 18 heavy (non-hydrogen) atoms. The zero-order valence-electron chi connectivity index (χ0n) is 10.8. The average molecular weight is 262 g/mol.